The number of imidazole rings is 1. The predicted molar refractivity (Wildman–Crippen MR) is 85.2 cm³/mol. The van der Waals surface area contributed by atoms with Crippen LogP contribution >= 0.6 is 0 Å². The van der Waals surface area contributed by atoms with Gasteiger partial charge in [0.05, 0.1) is 11.0 Å². The minimum absolute atomic E-state index is 0.136. The van der Waals surface area contributed by atoms with Crippen LogP contribution in [0, 0.1) is 12.8 Å². The SMILES string of the molecule is CCC(/C=N/NC(=O)Cn1c(C)nc2ccccc21)CC. The van der Waals surface area contributed by atoms with E-state index in [1.165, 1.54) is 0 Å². The number of aromatic nitrogens is 2. The molecule has 1 aromatic carbocycles. The van der Waals surface area contributed by atoms with Crippen molar-refractivity contribution >= 4 is 23.2 Å². The summed E-state index contributed by atoms with van der Waals surface area (Å²) in [5, 5.41) is 4.05. The number of nitrogens with one attached hydrogen (secondary N) is 1. The molecule has 0 aliphatic heterocycles. The summed E-state index contributed by atoms with van der Waals surface area (Å²) in [5.74, 6) is 1.11. The number of hydrazone groups is 1. The third-order valence-corrected chi connectivity index (χ3v) is 3.67. The number of rotatable bonds is 6. The zero-order chi connectivity index (χ0) is 15.2. The van der Waals surface area contributed by atoms with Crippen LogP contribution in [0.1, 0.15) is 32.5 Å². The second-order valence-electron chi connectivity index (χ2n) is 5.12. The Bertz CT molecular complexity index is 641. The lowest BCUT2D eigenvalue weighted by molar-refractivity contribution is -0.121. The molecule has 0 unspecified atom stereocenters. The first-order chi connectivity index (χ1) is 10.2. The van der Waals surface area contributed by atoms with Crippen molar-refractivity contribution < 1.29 is 4.79 Å². The van der Waals surface area contributed by atoms with E-state index in [0.717, 1.165) is 29.7 Å². The Hall–Kier alpha value is -2.17. The van der Waals surface area contributed by atoms with Crippen LogP contribution in [0.2, 0.25) is 0 Å². The second kappa shape index (κ2) is 7.02. The van der Waals surface area contributed by atoms with Crippen LogP contribution in [-0.4, -0.2) is 21.7 Å². The lowest BCUT2D eigenvalue weighted by Crippen LogP contribution is -2.24. The standard InChI is InChI=1S/C16H22N4O/c1-4-13(5-2)10-17-19-16(21)11-20-12(3)18-14-8-6-7-9-15(14)20/h6-10,13H,4-5,11H2,1-3H3,(H,19,21)/b17-10+. The molecular formula is C16H22N4O. The van der Waals surface area contributed by atoms with Gasteiger partial charge in [-0.15, -0.1) is 0 Å². The average molecular weight is 286 g/mol. The third kappa shape index (κ3) is 3.68. The van der Waals surface area contributed by atoms with Gasteiger partial charge in [0.15, 0.2) is 0 Å². The molecule has 0 saturated heterocycles. The molecule has 1 N–H and O–H groups in total. The number of hydrogen-bond acceptors (Lipinski definition) is 3. The molecule has 0 radical (unpaired) electrons. The molecule has 1 amide bonds. The van der Waals surface area contributed by atoms with Crippen molar-refractivity contribution in [3.63, 3.8) is 0 Å². The lowest BCUT2D eigenvalue weighted by Gasteiger charge is -2.07. The molecule has 5 heteroatoms. The van der Waals surface area contributed by atoms with E-state index < -0.39 is 0 Å². The Morgan fingerprint density at radius 3 is 2.81 bits per heavy atom. The summed E-state index contributed by atoms with van der Waals surface area (Å²) in [6, 6.07) is 7.81. The molecule has 5 nitrogen and oxygen atoms in total. The first-order valence-electron chi connectivity index (χ1n) is 7.39. The van der Waals surface area contributed by atoms with Gasteiger partial charge in [0.1, 0.15) is 12.4 Å². The maximum Gasteiger partial charge on any atom is 0.260 e. The minimum Gasteiger partial charge on any atom is -0.319 e. The van der Waals surface area contributed by atoms with E-state index in [0.29, 0.717) is 5.92 Å². The molecule has 0 fully saturated rings. The summed E-state index contributed by atoms with van der Waals surface area (Å²) < 4.78 is 1.90. The molecular weight excluding hydrogens is 264 g/mol. The number of nitrogens with zero attached hydrogens (tertiary/aromatic N) is 3. The van der Waals surface area contributed by atoms with E-state index >= 15 is 0 Å². The van der Waals surface area contributed by atoms with Gasteiger partial charge in [-0.25, -0.2) is 10.4 Å². The molecule has 1 heterocycles. The Morgan fingerprint density at radius 1 is 1.38 bits per heavy atom. The Morgan fingerprint density at radius 2 is 2.10 bits per heavy atom. The van der Waals surface area contributed by atoms with Gasteiger partial charge in [0.25, 0.3) is 5.91 Å². The maximum absolute atomic E-state index is 12.0. The normalized spacial score (nSPS) is 11.6. The molecule has 1 aromatic heterocycles. The van der Waals surface area contributed by atoms with Gasteiger partial charge >= 0.3 is 0 Å². The van der Waals surface area contributed by atoms with E-state index in [-0.39, 0.29) is 12.5 Å². The molecule has 2 rings (SSSR count). The first kappa shape index (κ1) is 15.2. The van der Waals surface area contributed by atoms with E-state index in [4.69, 9.17) is 0 Å². The minimum atomic E-state index is -0.136. The van der Waals surface area contributed by atoms with Crippen LogP contribution in [0.25, 0.3) is 11.0 Å². The number of aryl methyl sites for hydroxylation is 1. The molecule has 0 spiro atoms. The highest BCUT2D eigenvalue weighted by molar-refractivity contribution is 5.81. The van der Waals surface area contributed by atoms with Crippen LogP contribution in [0.15, 0.2) is 29.4 Å². The van der Waals surface area contributed by atoms with E-state index in [1.807, 2.05) is 42.0 Å². The number of hydrogen-bond donors (Lipinski definition) is 1. The summed E-state index contributed by atoms with van der Waals surface area (Å²) in [5.41, 5.74) is 4.47. The van der Waals surface area contributed by atoms with Gasteiger partial charge in [0.2, 0.25) is 0 Å². The van der Waals surface area contributed by atoms with E-state index in [1.54, 1.807) is 0 Å². The summed E-state index contributed by atoms with van der Waals surface area (Å²) in [4.78, 5) is 16.4. The summed E-state index contributed by atoms with van der Waals surface area (Å²) in [7, 11) is 0. The Kier molecular flexibility index (Phi) is 5.09. The van der Waals surface area contributed by atoms with Crippen LogP contribution < -0.4 is 5.43 Å². The Labute approximate surface area is 125 Å². The summed E-state index contributed by atoms with van der Waals surface area (Å²) >= 11 is 0. The van der Waals surface area contributed by atoms with Crippen molar-refractivity contribution in [1.82, 2.24) is 15.0 Å². The van der Waals surface area contributed by atoms with Gasteiger partial charge in [0, 0.05) is 6.21 Å². The first-order valence-corrected chi connectivity index (χ1v) is 7.39. The van der Waals surface area contributed by atoms with Gasteiger partial charge in [-0.3, -0.25) is 4.79 Å². The predicted octanol–water partition coefficient (Wildman–Crippen LogP) is 2.88. The molecule has 0 aliphatic carbocycles. The smallest absolute Gasteiger partial charge is 0.260 e. The zero-order valence-corrected chi connectivity index (χ0v) is 12.8. The van der Waals surface area contributed by atoms with Crippen molar-refractivity contribution in [3.05, 3.63) is 30.1 Å². The van der Waals surface area contributed by atoms with Crippen molar-refractivity contribution in [2.45, 2.75) is 40.2 Å². The van der Waals surface area contributed by atoms with E-state index in [2.05, 4.69) is 29.4 Å². The molecule has 0 aliphatic rings. The fourth-order valence-corrected chi connectivity index (χ4v) is 2.29. The maximum atomic E-state index is 12.0. The second-order valence-corrected chi connectivity index (χ2v) is 5.12. The highest BCUT2D eigenvalue weighted by Gasteiger charge is 2.10. The van der Waals surface area contributed by atoms with Crippen molar-refractivity contribution in [2.24, 2.45) is 11.0 Å². The van der Waals surface area contributed by atoms with Gasteiger partial charge in [-0.1, -0.05) is 26.0 Å². The monoisotopic (exact) mass is 286 g/mol. The number of carbonyl (C=O) groups is 1. The van der Waals surface area contributed by atoms with Gasteiger partial charge < -0.3 is 4.57 Å². The number of carbonyl (C=O) groups excluding carboxylic acids is 1. The number of para-hydroxylation sites is 2. The average Bonchev–Trinajstić information content (AvgIpc) is 2.80. The van der Waals surface area contributed by atoms with Gasteiger partial charge in [-0.2, -0.15) is 5.10 Å². The molecule has 21 heavy (non-hydrogen) atoms. The molecule has 112 valence electrons. The van der Waals surface area contributed by atoms with Crippen molar-refractivity contribution in [2.75, 3.05) is 0 Å². The van der Waals surface area contributed by atoms with Crippen LogP contribution in [-0.2, 0) is 11.3 Å². The van der Waals surface area contributed by atoms with Crippen LogP contribution in [0.4, 0.5) is 0 Å². The Balaban J connectivity index is 2.03. The largest absolute Gasteiger partial charge is 0.319 e. The topological polar surface area (TPSA) is 59.3 Å². The molecule has 0 bridgehead atoms. The van der Waals surface area contributed by atoms with Crippen LogP contribution in [0.3, 0.4) is 0 Å². The van der Waals surface area contributed by atoms with E-state index in [9.17, 15) is 4.79 Å². The molecule has 0 saturated carbocycles. The fourth-order valence-electron chi connectivity index (χ4n) is 2.29. The van der Waals surface area contributed by atoms with Gasteiger partial charge in [-0.05, 0) is 37.8 Å². The fraction of sp³-hybridized carbons (Fsp3) is 0.438. The quantitative estimate of drug-likeness (QED) is 0.655. The summed E-state index contributed by atoms with van der Waals surface area (Å²) in [6.07, 6.45) is 3.87. The highest BCUT2D eigenvalue weighted by atomic mass is 16.2. The van der Waals surface area contributed by atoms with Crippen LogP contribution in [0.5, 0.6) is 0 Å². The third-order valence-electron chi connectivity index (χ3n) is 3.67. The number of amides is 1. The molecule has 0 atom stereocenters. The zero-order valence-electron chi connectivity index (χ0n) is 12.8. The van der Waals surface area contributed by atoms with Crippen molar-refractivity contribution in [3.8, 4) is 0 Å². The number of benzene rings is 1. The molecule has 2 aromatic rings. The summed E-state index contributed by atoms with van der Waals surface area (Å²) in [6.45, 7) is 6.36. The lowest BCUT2D eigenvalue weighted by atomic mass is 10.1. The number of fused-ring (bicyclic) bond motifs is 1. The highest BCUT2D eigenvalue weighted by Crippen LogP contribution is 2.14. The van der Waals surface area contributed by atoms with Crippen molar-refractivity contribution in [1.29, 1.82) is 0 Å².